The number of nitrogens with one attached hydrogen (secondary N) is 3. The summed E-state index contributed by atoms with van der Waals surface area (Å²) in [6.45, 7) is 0.510. The van der Waals surface area contributed by atoms with Crippen LogP contribution in [-0.2, 0) is 6.54 Å². The Kier molecular flexibility index (Phi) is 5.60. The lowest BCUT2D eigenvalue weighted by Crippen LogP contribution is -2.15. The van der Waals surface area contributed by atoms with Crippen LogP contribution >= 0.6 is 11.6 Å². The standard InChI is InChI=1S/C18H17ClN6O/c1-20-16-9-12(4-7-22-16)11-24-17-14(3-2-6-23-17)18(26)25-13-5-8-21-15(19)10-13/h2-10H,11H2,1H3,(H,20,22)(H,23,24)(H,21,25,26). The lowest BCUT2D eigenvalue weighted by Gasteiger charge is -2.12. The zero-order valence-electron chi connectivity index (χ0n) is 14.0. The molecule has 0 bridgehead atoms. The zero-order valence-corrected chi connectivity index (χ0v) is 14.8. The van der Waals surface area contributed by atoms with Gasteiger partial charge in [-0.1, -0.05) is 11.6 Å². The van der Waals surface area contributed by atoms with Crippen LogP contribution in [0.25, 0.3) is 0 Å². The van der Waals surface area contributed by atoms with E-state index in [0.717, 1.165) is 11.4 Å². The third-order valence-corrected chi connectivity index (χ3v) is 3.78. The fourth-order valence-electron chi connectivity index (χ4n) is 2.31. The largest absolute Gasteiger partial charge is 0.373 e. The van der Waals surface area contributed by atoms with E-state index < -0.39 is 0 Å². The lowest BCUT2D eigenvalue weighted by molar-refractivity contribution is 0.102. The summed E-state index contributed by atoms with van der Waals surface area (Å²) >= 11 is 5.85. The van der Waals surface area contributed by atoms with E-state index in [9.17, 15) is 4.79 Å². The van der Waals surface area contributed by atoms with Crippen LogP contribution in [-0.4, -0.2) is 27.9 Å². The molecule has 7 nitrogen and oxygen atoms in total. The molecule has 3 aromatic rings. The molecule has 0 atom stereocenters. The summed E-state index contributed by atoms with van der Waals surface area (Å²) in [5.74, 6) is 0.985. The van der Waals surface area contributed by atoms with Crippen molar-refractivity contribution in [3.8, 4) is 0 Å². The van der Waals surface area contributed by atoms with Crippen LogP contribution in [0.15, 0.2) is 55.0 Å². The van der Waals surface area contributed by atoms with Gasteiger partial charge in [-0.15, -0.1) is 0 Å². The van der Waals surface area contributed by atoms with E-state index >= 15 is 0 Å². The Bertz CT molecular complexity index is 917. The molecule has 0 radical (unpaired) electrons. The maximum Gasteiger partial charge on any atom is 0.259 e. The highest BCUT2D eigenvalue weighted by Gasteiger charge is 2.13. The average molecular weight is 369 g/mol. The van der Waals surface area contributed by atoms with Gasteiger partial charge in [0.1, 0.15) is 16.8 Å². The number of carbonyl (C=O) groups excluding carboxylic acids is 1. The van der Waals surface area contributed by atoms with Gasteiger partial charge < -0.3 is 16.0 Å². The fraction of sp³-hybridized carbons (Fsp3) is 0.111. The number of rotatable bonds is 6. The number of amides is 1. The molecule has 1 amide bonds. The first-order valence-electron chi connectivity index (χ1n) is 7.90. The van der Waals surface area contributed by atoms with E-state index in [0.29, 0.717) is 28.8 Å². The molecule has 8 heteroatoms. The first-order valence-corrected chi connectivity index (χ1v) is 8.28. The summed E-state index contributed by atoms with van der Waals surface area (Å²) in [6.07, 6.45) is 4.89. The molecule has 0 aliphatic rings. The summed E-state index contributed by atoms with van der Waals surface area (Å²) in [5.41, 5.74) is 2.02. The van der Waals surface area contributed by atoms with Gasteiger partial charge in [0.15, 0.2) is 0 Å². The summed E-state index contributed by atoms with van der Waals surface area (Å²) in [6, 6.07) is 10.5. The van der Waals surface area contributed by atoms with Gasteiger partial charge in [-0.05, 0) is 42.0 Å². The highest BCUT2D eigenvalue weighted by Crippen LogP contribution is 2.17. The molecule has 3 rings (SSSR count). The van der Waals surface area contributed by atoms with Crippen molar-refractivity contribution < 1.29 is 4.79 Å². The highest BCUT2D eigenvalue weighted by molar-refractivity contribution is 6.29. The molecule has 0 aliphatic carbocycles. The Morgan fingerprint density at radius 3 is 2.73 bits per heavy atom. The SMILES string of the molecule is CNc1cc(CNc2ncccc2C(=O)Nc2ccnc(Cl)c2)ccn1. The molecule has 0 fully saturated rings. The van der Waals surface area contributed by atoms with Gasteiger partial charge >= 0.3 is 0 Å². The van der Waals surface area contributed by atoms with E-state index in [-0.39, 0.29) is 5.91 Å². The average Bonchev–Trinajstić information content (AvgIpc) is 2.67. The van der Waals surface area contributed by atoms with Gasteiger partial charge in [0.05, 0.1) is 5.56 Å². The van der Waals surface area contributed by atoms with Gasteiger partial charge in [0.25, 0.3) is 5.91 Å². The van der Waals surface area contributed by atoms with E-state index in [1.165, 1.54) is 6.20 Å². The van der Waals surface area contributed by atoms with Crippen LogP contribution in [0.1, 0.15) is 15.9 Å². The molecule has 0 unspecified atom stereocenters. The maximum absolute atomic E-state index is 12.6. The van der Waals surface area contributed by atoms with E-state index in [4.69, 9.17) is 11.6 Å². The van der Waals surface area contributed by atoms with Gasteiger partial charge in [0.2, 0.25) is 0 Å². The summed E-state index contributed by atoms with van der Waals surface area (Å²) in [5, 5.41) is 9.29. The molecule has 0 aliphatic heterocycles. The minimum Gasteiger partial charge on any atom is -0.373 e. The molecule has 0 saturated heterocycles. The molecular formula is C18H17ClN6O. The highest BCUT2D eigenvalue weighted by atomic mass is 35.5. The van der Waals surface area contributed by atoms with Crippen LogP contribution in [0, 0.1) is 0 Å². The van der Waals surface area contributed by atoms with Crippen molar-refractivity contribution >= 4 is 34.8 Å². The molecule has 3 heterocycles. The Morgan fingerprint density at radius 1 is 1.08 bits per heavy atom. The normalized spacial score (nSPS) is 10.2. The number of pyridine rings is 3. The summed E-state index contributed by atoms with van der Waals surface area (Å²) in [4.78, 5) is 24.9. The second-order valence-corrected chi connectivity index (χ2v) is 5.76. The van der Waals surface area contributed by atoms with Gasteiger partial charge in [-0.2, -0.15) is 0 Å². The Morgan fingerprint density at radius 2 is 1.92 bits per heavy atom. The monoisotopic (exact) mass is 368 g/mol. The molecule has 132 valence electrons. The Hall–Kier alpha value is -3.19. The maximum atomic E-state index is 12.6. The topological polar surface area (TPSA) is 91.8 Å². The van der Waals surface area contributed by atoms with Gasteiger partial charge in [0, 0.05) is 37.9 Å². The Labute approximate surface area is 155 Å². The number of hydrogen-bond donors (Lipinski definition) is 3. The molecule has 26 heavy (non-hydrogen) atoms. The Balaban J connectivity index is 1.74. The van der Waals surface area contributed by atoms with Crippen LogP contribution in [0.3, 0.4) is 0 Å². The lowest BCUT2D eigenvalue weighted by atomic mass is 10.2. The summed E-state index contributed by atoms with van der Waals surface area (Å²) in [7, 11) is 1.81. The van der Waals surface area contributed by atoms with E-state index in [1.807, 2.05) is 19.2 Å². The first-order chi connectivity index (χ1) is 12.7. The predicted octanol–water partition coefficient (Wildman–Crippen LogP) is 3.43. The third-order valence-electron chi connectivity index (χ3n) is 3.58. The number of anilines is 3. The minimum absolute atomic E-state index is 0.284. The minimum atomic E-state index is -0.284. The van der Waals surface area contributed by atoms with Crippen molar-refractivity contribution in [1.29, 1.82) is 0 Å². The van der Waals surface area contributed by atoms with Gasteiger partial charge in [-0.25, -0.2) is 15.0 Å². The number of carbonyl (C=O) groups is 1. The van der Waals surface area contributed by atoms with Crippen LogP contribution in [0.4, 0.5) is 17.3 Å². The smallest absolute Gasteiger partial charge is 0.259 e. The number of aromatic nitrogens is 3. The van der Waals surface area contributed by atoms with Crippen molar-refractivity contribution in [3.63, 3.8) is 0 Å². The molecule has 3 aromatic heterocycles. The fourth-order valence-corrected chi connectivity index (χ4v) is 2.49. The number of halogens is 1. The predicted molar refractivity (Wildman–Crippen MR) is 103 cm³/mol. The zero-order chi connectivity index (χ0) is 18.4. The molecule has 0 saturated carbocycles. The first kappa shape index (κ1) is 17.6. The van der Waals surface area contributed by atoms with Crippen LogP contribution in [0.5, 0.6) is 0 Å². The van der Waals surface area contributed by atoms with Crippen molar-refractivity contribution in [2.75, 3.05) is 23.0 Å². The molecule has 3 N–H and O–H groups in total. The second kappa shape index (κ2) is 8.26. The molecule has 0 aromatic carbocycles. The molecular weight excluding hydrogens is 352 g/mol. The van der Waals surface area contributed by atoms with Crippen molar-refractivity contribution in [2.24, 2.45) is 0 Å². The van der Waals surface area contributed by atoms with E-state index in [1.54, 1.807) is 36.7 Å². The second-order valence-electron chi connectivity index (χ2n) is 5.37. The molecule has 0 spiro atoms. The van der Waals surface area contributed by atoms with Crippen LogP contribution in [0.2, 0.25) is 5.15 Å². The van der Waals surface area contributed by atoms with Gasteiger partial charge in [-0.3, -0.25) is 4.79 Å². The van der Waals surface area contributed by atoms with Crippen molar-refractivity contribution in [2.45, 2.75) is 6.54 Å². The number of nitrogens with zero attached hydrogens (tertiary/aromatic N) is 3. The quantitative estimate of drug-likeness (QED) is 0.577. The van der Waals surface area contributed by atoms with E-state index in [2.05, 4.69) is 30.9 Å². The third kappa shape index (κ3) is 4.46. The van der Waals surface area contributed by atoms with Crippen LogP contribution < -0.4 is 16.0 Å². The van der Waals surface area contributed by atoms with Crippen molar-refractivity contribution in [1.82, 2.24) is 15.0 Å². The summed E-state index contributed by atoms with van der Waals surface area (Å²) < 4.78 is 0. The number of hydrogen-bond acceptors (Lipinski definition) is 6. The van der Waals surface area contributed by atoms with Crippen molar-refractivity contribution in [3.05, 3.63) is 71.3 Å².